The van der Waals surface area contributed by atoms with Crippen LogP contribution in [0.5, 0.6) is 0 Å². The van der Waals surface area contributed by atoms with Gasteiger partial charge in [-0.2, -0.15) is 0 Å². The third kappa shape index (κ3) is 2.07. The lowest BCUT2D eigenvalue weighted by atomic mass is 10.0. The molecule has 0 aromatic carbocycles. The molecule has 9 heavy (non-hydrogen) atoms. The van der Waals surface area contributed by atoms with Crippen molar-refractivity contribution in [3.8, 4) is 0 Å². The van der Waals surface area contributed by atoms with Crippen LogP contribution >= 0.6 is 0 Å². The van der Waals surface area contributed by atoms with Gasteiger partial charge < -0.3 is 0 Å². The van der Waals surface area contributed by atoms with E-state index in [1.807, 2.05) is 6.08 Å². The van der Waals surface area contributed by atoms with E-state index in [1.165, 1.54) is 19.3 Å². The van der Waals surface area contributed by atoms with E-state index in [-0.39, 0.29) is 0 Å². The summed E-state index contributed by atoms with van der Waals surface area (Å²) >= 11 is 0. The Morgan fingerprint density at radius 1 is 1.78 bits per heavy atom. The molecule has 1 aliphatic rings. The van der Waals surface area contributed by atoms with Crippen molar-refractivity contribution in [2.45, 2.75) is 26.2 Å². The molecule has 1 atom stereocenters. The van der Waals surface area contributed by atoms with Gasteiger partial charge in [-0.1, -0.05) is 13.5 Å². The molecule has 0 spiro atoms. The molecule has 0 aromatic rings. The predicted molar refractivity (Wildman–Crippen MR) is 40.2 cm³/mol. The Labute approximate surface area is 57.3 Å². The van der Waals surface area contributed by atoms with E-state index in [1.54, 1.807) is 0 Å². The molecule has 0 nitrogen and oxygen atoms in total. The van der Waals surface area contributed by atoms with Gasteiger partial charge in [-0.15, -0.1) is 5.73 Å². The summed E-state index contributed by atoms with van der Waals surface area (Å²) in [6.45, 7) is 5.84. The van der Waals surface area contributed by atoms with E-state index in [0.717, 1.165) is 11.8 Å². The van der Waals surface area contributed by atoms with Gasteiger partial charge in [-0.25, -0.2) is 0 Å². The summed E-state index contributed by atoms with van der Waals surface area (Å²) in [5.74, 6) is 1.90. The fraction of sp³-hybridized carbons (Fsp3) is 0.667. The Bertz CT molecular complexity index is 125. The van der Waals surface area contributed by atoms with E-state index < -0.39 is 0 Å². The van der Waals surface area contributed by atoms with E-state index in [4.69, 9.17) is 0 Å². The molecule has 0 N–H and O–H groups in total. The molecule has 1 unspecified atom stereocenters. The van der Waals surface area contributed by atoms with Gasteiger partial charge in [0.15, 0.2) is 0 Å². The molecule has 1 fully saturated rings. The molecule has 0 aliphatic heterocycles. The monoisotopic (exact) mass is 122 g/mol. The minimum absolute atomic E-state index is 0.874. The first-order valence-corrected chi connectivity index (χ1v) is 3.69. The minimum atomic E-state index is 0.874. The zero-order valence-electron chi connectivity index (χ0n) is 6.06. The second-order valence-electron chi connectivity index (χ2n) is 2.96. The highest BCUT2D eigenvalue weighted by molar-refractivity contribution is 4.85. The van der Waals surface area contributed by atoms with Crippen LogP contribution in [0.2, 0.25) is 0 Å². The van der Waals surface area contributed by atoms with Gasteiger partial charge in [0, 0.05) is 0 Å². The van der Waals surface area contributed by atoms with E-state index >= 15 is 0 Å². The fourth-order valence-electron chi connectivity index (χ4n) is 1.13. The molecular formula is C9H14. The largest absolute Gasteiger partial charge is 0.133 e. The van der Waals surface area contributed by atoms with Crippen LogP contribution < -0.4 is 0 Å². The second-order valence-corrected chi connectivity index (χ2v) is 2.96. The molecule has 0 aromatic heterocycles. The van der Waals surface area contributed by atoms with Crippen molar-refractivity contribution in [2.75, 3.05) is 0 Å². The summed E-state index contributed by atoms with van der Waals surface area (Å²) in [4.78, 5) is 0. The van der Waals surface area contributed by atoms with Gasteiger partial charge in [-0.3, -0.25) is 0 Å². The summed E-state index contributed by atoms with van der Waals surface area (Å²) in [5.41, 5.74) is 2.81. The Hall–Kier alpha value is -0.480. The van der Waals surface area contributed by atoms with E-state index in [0.29, 0.717) is 0 Å². The average Bonchev–Trinajstić information content (AvgIpc) is 2.63. The van der Waals surface area contributed by atoms with E-state index in [9.17, 15) is 0 Å². The summed E-state index contributed by atoms with van der Waals surface area (Å²) in [7, 11) is 0. The molecule has 50 valence electrons. The van der Waals surface area contributed by atoms with Gasteiger partial charge >= 0.3 is 0 Å². The quantitative estimate of drug-likeness (QED) is 0.505. The molecule has 0 saturated heterocycles. The summed E-state index contributed by atoms with van der Waals surface area (Å²) in [6.07, 6.45) is 6.12. The number of rotatable bonds is 3. The number of hydrogen-bond acceptors (Lipinski definition) is 0. The Morgan fingerprint density at radius 2 is 2.44 bits per heavy atom. The minimum Gasteiger partial charge on any atom is -0.133 e. The van der Waals surface area contributed by atoms with Gasteiger partial charge in [0.25, 0.3) is 0 Å². The molecule has 0 amide bonds. The van der Waals surface area contributed by atoms with E-state index in [2.05, 4.69) is 19.2 Å². The van der Waals surface area contributed by atoms with Crippen molar-refractivity contribution in [2.24, 2.45) is 11.8 Å². The summed E-state index contributed by atoms with van der Waals surface area (Å²) < 4.78 is 0. The highest BCUT2D eigenvalue weighted by atomic mass is 14.3. The highest BCUT2D eigenvalue weighted by Crippen LogP contribution is 2.38. The lowest BCUT2D eigenvalue weighted by Gasteiger charge is -2.02. The van der Waals surface area contributed by atoms with Crippen LogP contribution in [0.3, 0.4) is 0 Å². The smallest absolute Gasteiger partial charge is 0.0246 e. The third-order valence-corrected chi connectivity index (χ3v) is 2.06. The van der Waals surface area contributed by atoms with Crippen LogP contribution in [-0.2, 0) is 0 Å². The lowest BCUT2D eigenvalue weighted by molar-refractivity contribution is 0.517. The van der Waals surface area contributed by atoms with Gasteiger partial charge in [-0.05, 0) is 37.2 Å². The highest BCUT2D eigenvalue weighted by Gasteiger charge is 2.26. The molecule has 0 heterocycles. The Morgan fingerprint density at radius 3 is 2.89 bits per heavy atom. The molecule has 1 aliphatic carbocycles. The van der Waals surface area contributed by atoms with Crippen molar-refractivity contribution in [1.29, 1.82) is 0 Å². The molecule has 0 bridgehead atoms. The first-order chi connectivity index (χ1) is 4.34. The molecule has 1 saturated carbocycles. The van der Waals surface area contributed by atoms with Crippen molar-refractivity contribution < 1.29 is 0 Å². The van der Waals surface area contributed by atoms with Gasteiger partial charge in [0.1, 0.15) is 0 Å². The van der Waals surface area contributed by atoms with Crippen LogP contribution in [0.25, 0.3) is 0 Å². The van der Waals surface area contributed by atoms with Crippen LogP contribution in [0, 0.1) is 11.8 Å². The average molecular weight is 122 g/mol. The van der Waals surface area contributed by atoms with Crippen LogP contribution in [-0.4, -0.2) is 0 Å². The Kier molecular flexibility index (Phi) is 2.13. The maximum atomic E-state index is 3.53. The zero-order chi connectivity index (χ0) is 6.69. The third-order valence-electron chi connectivity index (χ3n) is 2.06. The van der Waals surface area contributed by atoms with Crippen molar-refractivity contribution >= 4 is 0 Å². The second kappa shape index (κ2) is 2.89. The molecule has 1 rings (SSSR count). The maximum absolute atomic E-state index is 3.53. The molecule has 0 heteroatoms. The number of allylic oxidation sites excluding steroid dienone is 1. The summed E-state index contributed by atoms with van der Waals surface area (Å²) in [5, 5.41) is 0. The van der Waals surface area contributed by atoms with Gasteiger partial charge in [0.05, 0.1) is 0 Å². The fourth-order valence-corrected chi connectivity index (χ4v) is 1.13. The first-order valence-electron chi connectivity index (χ1n) is 3.69. The predicted octanol–water partition coefficient (Wildman–Crippen LogP) is 2.76. The van der Waals surface area contributed by atoms with Gasteiger partial charge in [0.2, 0.25) is 0 Å². The SMILES string of the molecule is C=C=CCC(C)C1CC1. The Balaban J connectivity index is 2.17. The molecule has 0 radical (unpaired) electrons. The lowest BCUT2D eigenvalue weighted by Crippen LogP contribution is -1.93. The zero-order valence-corrected chi connectivity index (χ0v) is 6.06. The van der Waals surface area contributed by atoms with Crippen molar-refractivity contribution in [3.63, 3.8) is 0 Å². The van der Waals surface area contributed by atoms with Crippen molar-refractivity contribution in [1.82, 2.24) is 0 Å². The van der Waals surface area contributed by atoms with Crippen LogP contribution in [0.15, 0.2) is 18.4 Å². The topological polar surface area (TPSA) is 0 Å². The first kappa shape index (κ1) is 6.64. The molecular weight excluding hydrogens is 108 g/mol. The van der Waals surface area contributed by atoms with Crippen LogP contribution in [0.1, 0.15) is 26.2 Å². The normalized spacial score (nSPS) is 20.6. The summed E-state index contributed by atoms with van der Waals surface area (Å²) in [6, 6.07) is 0. The number of hydrogen-bond donors (Lipinski definition) is 0. The van der Waals surface area contributed by atoms with Crippen molar-refractivity contribution in [3.05, 3.63) is 18.4 Å². The maximum Gasteiger partial charge on any atom is -0.0246 e. The standard InChI is InChI=1S/C9H14/c1-3-4-5-8(2)9-6-7-9/h4,8-9H,1,5-7H2,2H3. The van der Waals surface area contributed by atoms with Crippen LogP contribution in [0.4, 0.5) is 0 Å².